The van der Waals surface area contributed by atoms with Crippen LogP contribution in [0.25, 0.3) is 0 Å². The third kappa shape index (κ3) is 7.83. The van der Waals surface area contributed by atoms with E-state index in [0.29, 0.717) is 13.2 Å². The summed E-state index contributed by atoms with van der Waals surface area (Å²) in [5.41, 5.74) is 0. The fourth-order valence-electron chi connectivity index (χ4n) is 3.02. The fraction of sp³-hybridized carbons (Fsp3) is 0.650. The highest BCUT2D eigenvalue weighted by Crippen LogP contribution is 2.20. The summed E-state index contributed by atoms with van der Waals surface area (Å²) in [7, 11) is 0. The summed E-state index contributed by atoms with van der Waals surface area (Å²) in [5.74, 6) is 1.79. The van der Waals surface area contributed by atoms with Crippen molar-refractivity contribution in [1.29, 1.82) is 0 Å². The zero-order chi connectivity index (χ0) is 18.1. The summed E-state index contributed by atoms with van der Waals surface area (Å²) in [6.07, 6.45) is 2.96. The van der Waals surface area contributed by atoms with Crippen LogP contribution < -0.4 is 9.47 Å². The molecule has 1 saturated heterocycles. The van der Waals surface area contributed by atoms with Crippen molar-refractivity contribution in [3.63, 3.8) is 0 Å². The molecule has 1 aliphatic heterocycles. The molecule has 5 nitrogen and oxygen atoms in total. The number of hydrogen-bond donors (Lipinski definition) is 0. The van der Waals surface area contributed by atoms with Crippen molar-refractivity contribution < 1.29 is 19.0 Å². The van der Waals surface area contributed by atoms with Gasteiger partial charge in [0.15, 0.2) is 0 Å². The first-order valence-electron chi connectivity index (χ1n) is 9.37. The lowest BCUT2D eigenvalue weighted by atomic mass is 9.97. The lowest BCUT2D eigenvalue weighted by Gasteiger charge is -2.30. The standard InChI is InChI=1S/C20H31NO4.ClH/c1-4-23-20(22)17-10-13-21(14-11-17)12-5-15-24-18-6-8-19(9-7-18)25-16(2)3;/h6-9,16-17H,4-5,10-15H2,1-3H3;1H. The maximum atomic E-state index is 11.7. The molecule has 1 aliphatic rings. The van der Waals surface area contributed by atoms with Gasteiger partial charge < -0.3 is 19.1 Å². The van der Waals surface area contributed by atoms with E-state index in [2.05, 4.69) is 4.90 Å². The van der Waals surface area contributed by atoms with Crippen molar-refractivity contribution in [1.82, 2.24) is 4.90 Å². The number of esters is 1. The van der Waals surface area contributed by atoms with Crippen LogP contribution in [0.15, 0.2) is 24.3 Å². The third-order valence-corrected chi connectivity index (χ3v) is 4.29. The van der Waals surface area contributed by atoms with Crippen molar-refractivity contribution in [2.45, 2.75) is 46.1 Å². The van der Waals surface area contributed by atoms with E-state index < -0.39 is 0 Å². The van der Waals surface area contributed by atoms with Crippen LogP contribution in [0.1, 0.15) is 40.0 Å². The predicted molar refractivity (Wildman–Crippen MR) is 105 cm³/mol. The molecule has 1 fully saturated rings. The molecule has 0 N–H and O–H groups in total. The monoisotopic (exact) mass is 385 g/mol. The van der Waals surface area contributed by atoms with Crippen LogP contribution in [0.4, 0.5) is 0 Å². The number of nitrogens with zero attached hydrogens (tertiary/aromatic N) is 1. The van der Waals surface area contributed by atoms with Crippen molar-refractivity contribution >= 4 is 18.4 Å². The topological polar surface area (TPSA) is 48.0 Å². The van der Waals surface area contributed by atoms with E-state index in [1.807, 2.05) is 45.0 Å². The Kier molecular flexibility index (Phi) is 10.4. The minimum Gasteiger partial charge on any atom is -0.494 e. The Morgan fingerprint density at radius 3 is 2.35 bits per heavy atom. The molecule has 1 aromatic carbocycles. The van der Waals surface area contributed by atoms with E-state index in [0.717, 1.165) is 50.4 Å². The Morgan fingerprint density at radius 1 is 1.15 bits per heavy atom. The highest BCUT2D eigenvalue weighted by molar-refractivity contribution is 5.85. The van der Waals surface area contributed by atoms with Crippen LogP contribution in [0.2, 0.25) is 0 Å². The van der Waals surface area contributed by atoms with E-state index in [1.54, 1.807) is 0 Å². The Morgan fingerprint density at radius 2 is 1.77 bits per heavy atom. The summed E-state index contributed by atoms with van der Waals surface area (Å²) < 4.78 is 16.5. The largest absolute Gasteiger partial charge is 0.494 e. The van der Waals surface area contributed by atoms with Crippen LogP contribution in [0.5, 0.6) is 11.5 Å². The van der Waals surface area contributed by atoms with Crippen molar-refractivity contribution in [3.05, 3.63) is 24.3 Å². The molecule has 2 rings (SSSR count). The minimum atomic E-state index is -0.0321. The number of halogens is 1. The Bertz CT molecular complexity index is 513. The molecule has 0 aliphatic carbocycles. The molecule has 0 radical (unpaired) electrons. The highest BCUT2D eigenvalue weighted by Gasteiger charge is 2.25. The second-order valence-electron chi connectivity index (χ2n) is 6.71. The molecule has 0 saturated carbocycles. The molecule has 0 amide bonds. The van der Waals surface area contributed by atoms with Gasteiger partial charge in [-0.2, -0.15) is 0 Å². The maximum absolute atomic E-state index is 11.7. The van der Waals surface area contributed by atoms with E-state index in [1.165, 1.54) is 0 Å². The highest BCUT2D eigenvalue weighted by atomic mass is 35.5. The first kappa shape index (κ1) is 22.6. The average Bonchev–Trinajstić information content (AvgIpc) is 2.60. The van der Waals surface area contributed by atoms with E-state index in [9.17, 15) is 4.79 Å². The van der Waals surface area contributed by atoms with Crippen molar-refractivity contribution in [2.75, 3.05) is 32.8 Å². The van der Waals surface area contributed by atoms with Gasteiger partial charge >= 0.3 is 5.97 Å². The average molecular weight is 386 g/mol. The van der Waals surface area contributed by atoms with Gasteiger partial charge in [-0.1, -0.05) is 0 Å². The van der Waals surface area contributed by atoms with E-state index in [-0.39, 0.29) is 30.4 Å². The zero-order valence-corrected chi connectivity index (χ0v) is 16.9. The molecular weight excluding hydrogens is 354 g/mol. The quantitative estimate of drug-likeness (QED) is 0.476. The maximum Gasteiger partial charge on any atom is 0.309 e. The first-order valence-corrected chi connectivity index (χ1v) is 9.37. The number of rotatable bonds is 9. The molecule has 0 bridgehead atoms. The van der Waals surface area contributed by atoms with Crippen LogP contribution in [0, 0.1) is 5.92 Å². The Hall–Kier alpha value is -1.46. The van der Waals surface area contributed by atoms with E-state index in [4.69, 9.17) is 14.2 Å². The number of hydrogen-bond acceptors (Lipinski definition) is 5. The second-order valence-corrected chi connectivity index (χ2v) is 6.71. The summed E-state index contributed by atoms with van der Waals surface area (Å²) in [6.45, 7) is 9.99. The smallest absolute Gasteiger partial charge is 0.309 e. The molecule has 0 atom stereocenters. The van der Waals surface area contributed by atoms with Gasteiger partial charge in [0, 0.05) is 6.54 Å². The normalized spacial score (nSPS) is 15.4. The summed E-state index contributed by atoms with van der Waals surface area (Å²) in [5, 5.41) is 0. The van der Waals surface area contributed by atoms with Crippen molar-refractivity contribution in [3.8, 4) is 11.5 Å². The molecular formula is C20H32ClNO4. The second kappa shape index (κ2) is 12.0. The summed E-state index contributed by atoms with van der Waals surface area (Å²) >= 11 is 0. The van der Waals surface area contributed by atoms with Gasteiger partial charge in [0.1, 0.15) is 11.5 Å². The zero-order valence-electron chi connectivity index (χ0n) is 16.1. The molecule has 148 valence electrons. The number of carbonyl (C=O) groups excluding carboxylic acids is 1. The van der Waals surface area contributed by atoms with Crippen LogP contribution in [-0.2, 0) is 9.53 Å². The van der Waals surface area contributed by atoms with Gasteiger partial charge in [0.05, 0.1) is 25.2 Å². The first-order chi connectivity index (χ1) is 12.1. The van der Waals surface area contributed by atoms with Crippen molar-refractivity contribution in [2.24, 2.45) is 5.92 Å². The molecule has 26 heavy (non-hydrogen) atoms. The Labute approximate surface area is 163 Å². The molecule has 0 spiro atoms. The molecule has 1 heterocycles. The van der Waals surface area contributed by atoms with Gasteiger partial charge in [-0.3, -0.25) is 4.79 Å². The molecule has 1 aromatic rings. The predicted octanol–water partition coefficient (Wildman–Crippen LogP) is 3.94. The number of piperidine rings is 1. The van der Waals surface area contributed by atoms with Crippen LogP contribution in [0.3, 0.4) is 0 Å². The molecule has 0 unspecified atom stereocenters. The number of likely N-dealkylation sites (tertiary alicyclic amines) is 1. The Balaban J connectivity index is 0.00000338. The number of benzene rings is 1. The van der Waals surface area contributed by atoms with Crippen LogP contribution >= 0.6 is 12.4 Å². The number of ether oxygens (including phenoxy) is 3. The van der Waals surface area contributed by atoms with Gasteiger partial charge in [0.2, 0.25) is 0 Å². The third-order valence-electron chi connectivity index (χ3n) is 4.29. The van der Waals surface area contributed by atoms with Gasteiger partial charge in [-0.15, -0.1) is 12.4 Å². The minimum absolute atomic E-state index is 0. The van der Waals surface area contributed by atoms with Gasteiger partial charge in [0.25, 0.3) is 0 Å². The lowest BCUT2D eigenvalue weighted by molar-refractivity contribution is -0.149. The number of carbonyl (C=O) groups is 1. The SMILES string of the molecule is CCOC(=O)C1CCN(CCCOc2ccc(OC(C)C)cc2)CC1.Cl. The summed E-state index contributed by atoms with van der Waals surface area (Å²) in [4.78, 5) is 14.1. The summed E-state index contributed by atoms with van der Waals surface area (Å²) in [6, 6.07) is 7.77. The fourth-order valence-corrected chi connectivity index (χ4v) is 3.02. The van der Waals surface area contributed by atoms with Gasteiger partial charge in [-0.25, -0.2) is 0 Å². The molecule has 0 aromatic heterocycles. The lowest BCUT2D eigenvalue weighted by Crippen LogP contribution is -2.37. The van der Waals surface area contributed by atoms with Gasteiger partial charge in [-0.05, 0) is 77.4 Å². The van der Waals surface area contributed by atoms with E-state index >= 15 is 0 Å². The van der Waals surface area contributed by atoms with Crippen LogP contribution in [-0.4, -0.2) is 49.8 Å². The molecule has 6 heteroatoms.